The largest absolute Gasteiger partial charge is 0.493 e. The molecule has 0 spiro atoms. The van der Waals surface area contributed by atoms with Crippen molar-refractivity contribution in [1.29, 1.82) is 0 Å². The zero-order valence-corrected chi connectivity index (χ0v) is 13.1. The van der Waals surface area contributed by atoms with E-state index in [1.165, 1.54) is 24.0 Å². The minimum Gasteiger partial charge on any atom is -0.493 e. The van der Waals surface area contributed by atoms with Crippen LogP contribution in [0.1, 0.15) is 30.4 Å². The molecule has 1 aromatic carbocycles. The van der Waals surface area contributed by atoms with Crippen molar-refractivity contribution in [1.82, 2.24) is 10.2 Å². The molecule has 0 bridgehead atoms. The van der Waals surface area contributed by atoms with Gasteiger partial charge in [-0.15, -0.1) is 0 Å². The van der Waals surface area contributed by atoms with Gasteiger partial charge in [-0.1, -0.05) is 12.1 Å². The number of nitrogens with zero attached hydrogens (tertiary/aromatic N) is 1. The summed E-state index contributed by atoms with van der Waals surface area (Å²) in [5.41, 5.74) is 2.49. The topological polar surface area (TPSA) is 24.5 Å². The smallest absolute Gasteiger partial charge is 0.122 e. The molecular weight excluding hydrogens is 248 g/mol. The summed E-state index contributed by atoms with van der Waals surface area (Å²) in [4.78, 5) is 2.49. The molecule has 1 saturated heterocycles. The first-order chi connectivity index (χ1) is 9.66. The lowest BCUT2D eigenvalue weighted by atomic mass is 10.1. The number of nitrogens with one attached hydrogen (secondary N) is 1. The number of hydrogen-bond acceptors (Lipinski definition) is 3. The average Bonchev–Trinajstić information content (AvgIpc) is 2.47. The fourth-order valence-electron chi connectivity index (χ4n) is 2.79. The van der Waals surface area contributed by atoms with Crippen LogP contribution in [0.3, 0.4) is 0 Å². The van der Waals surface area contributed by atoms with Gasteiger partial charge in [-0.05, 0) is 70.4 Å². The minimum atomic E-state index is 0.747. The van der Waals surface area contributed by atoms with Crippen LogP contribution < -0.4 is 10.1 Å². The van der Waals surface area contributed by atoms with E-state index in [-0.39, 0.29) is 0 Å². The Bertz CT molecular complexity index is 413. The van der Waals surface area contributed by atoms with E-state index in [9.17, 15) is 0 Å². The van der Waals surface area contributed by atoms with E-state index in [1.54, 1.807) is 0 Å². The molecule has 112 valence electrons. The number of rotatable bonds is 6. The third kappa shape index (κ3) is 4.50. The molecule has 1 fully saturated rings. The summed E-state index contributed by atoms with van der Waals surface area (Å²) in [6.45, 7) is 8.46. The van der Waals surface area contributed by atoms with Gasteiger partial charge < -0.3 is 15.0 Å². The number of benzene rings is 1. The summed E-state index contributed by atoms with van der Waals surface area (Å²) in [6, 6.07) is 7.14. The fraction of sp³-hybridized carbons (Fsp3) is 0.647. The molecule has 1 aliphatic heterocycles. The second-order valence-corrected chi connectivity index (χ2v) is 5.93. The Hall–Kier alpha value is -1.06. The van der Waals surface area contributed by atoms with E-state index in [0.717, 1.165) is 44.5 Å². The van der Waals surface area contributed by atoms with Crippen LogP contribution in [-0.2, 0) is 0 Å². The fourth-order valence-corrected chi connectivity index (χ4v) is 2.79. The predicted molar refractivity (Wildman–Crippen MR) is 84.5 cm³/mol. The van der Waals surface area contributed by atoms with Gasteiger partial charge >= 0.3 is 0 Å². The SMILES string of the molecule is Cc1ccc(C)c(OCCCN(C)C2CCNCC2)c1. The Balaban J connectivity index is 1.69. The minimum absolute atomic E-state index is 0.747. The maximum absolute atomic E-state index is 5.92. The number of ether oxygens (including phenoxy) is 1. The summed E-state index contributed by atoms with van der Waals surface area (Å²) >= 11 is 0. The van der Waals surface area contributed by atoms with Crippen molar-refractivity contribution in [2.75, 3.05) is 33.3 Å². The van der Waals surface area contributed by atoms with Crippen LogP contribution in [0.4, 0.5) is 0 Å². The van der Waals surface area contributed by atoms with Crippen LogP contribution in [-0.4, -0.2) is 44.2 Å². The number of aryl methyl sites for hydroxylation is 2. The van der Waals surface area contributed by atoms with Gasteiger partial charge in [0.25, 0.3) is 0 Å². The van der Waals surface area contributed by atoms with Gasteiger partial charge in [-0.25, -0.2) is 0 Å². The molecular formula is C17H28N2O. The van der Waals surface area contributed by atoms with Crippen molar-refractivity contribution in [3.8, 4) is 5.75 Å². The third-order valence-electron chi connectivity index (χ3n) is 4.19. The summed E-state index contributed by atoms with van der Waals surface area (Å²) in [5.74, 6) is 1.04. The first-order valence-corrected chi connectivity index (χ1v) is 7.78. The molecule has 20 heavy (non-hydrogen) atoms. The van der Waals surface area contributed by atoms with E-state index < -0.39 is 0 Å². The Morgan fingerprint density at radius 2 is 2.00 bits per heavy atom. The van der Waals surface area contributed by atoms with E-state index in [2.05, 4.69) is 49.3 Å². The highest BCUT2D eigenvalue weighted by molar-refractivity contribution is 5.35. The highest BCUT2D eigenvalue weighted by Gasteiger charge is 2.16. The van der Waals surface area contributed by atoms with Crippen LogP contribution in [0, 0.1) is 13.8 Å². The van der Waals surface area contributed by atoms with Crippen molar-refractivity contribution in [3.05, 3.63) is 29.3 Å². The van der Waals surface area contributed by atoms with Crippen molar-refractivity contribution < 1.29 is 4.74 Å². The van der Waals surface area contributed by atoms with E-state index >= 15 is 0 Å². The maximum Gasteiger partial charge on any atom is 0.122 e. The molecule has 3 heteroatoms. The normalized spacial score (nSPS) is 16.6. The highest BCUT2D eigenvalue weighted by Crippen LogP contribution is 2.19. The van der Waals surface area contributed by atoms with Crippen molar-refractivity contribution in [2.45, 2.75) is 39.2 Å². The lowest BCUT2D eigenvalue weighted by molar-refractivity contribution is 0.182. The molecule has 0 radical (unpaired) electrons. The van der Waals surface area contributed by atoms with Gasteiger partial charge in [0.1, 0.15) is 5.75 Å². The average molecular weight is 276 g/mol. The van der Waals surface area contributed by atoms with Gasteiger partial charge in [0.15, 0.2) is 0 Å². The molecule has 1 aliphatic rings. The Labute approximate surface area is 123 Å². The van der Waals surface area contributed by atoms with Crippen LogP contribution in [0.5, 0.6) is 5.75 Å². The lowest BCUT2D eigenvalue weighted by Crippen LogP contribution is -2.41. The van der Waals surface area contributed by atoms with Gasteiger partial charge in [-0.3, -0.25) is 0 Å². The molecule has 0 atom stereocenters. The molecule has 3 nitrogen and oxygen atoms in total. The van der Waals surface area contributed by atoms with E-state index in [4.69, 9.17) is 4.74 Å². The molecule has 1 aromatic rings. The third-order valence-corrected chi connectivity index (χ3v) is 4.19. The van der Waals surface area contributed by atoms with Crippen molar-refractivity contribution in [3.63, 3.8) is 0 Å². The van der Waals surface area contributed by atoms with Gasteiger partial charge in [0.2, 0.25) is 0 Å². The van der Waals surface area contributed by atoms with Gasteiger partial charge in [0.05, 0.1) is 6.61 Å². The van der Waals surface area contributed by atoms with Crippen LogP contribution in [0.15, 0.2) is 18.2 Å². The summed E-state index contributed by atoms with van der Waals surface area (Å²) in [6.07, 6.45) is 3.64. The second kappa shape index (κ2) is 7.65. The van der Waals surface area contributed by atoms with E-state index in [0.29, 0.717) is 0 Å². The van der Waals surface area contributed by atoms with E-state index in [1.807, 2.05) is 0 Å². The lowest BCUT2D eigenvalue weighted by Gasteiger charge is -2.31. The number of piperidine rings is 1. The first kappa shape index (κ1) is 15.3. The summed E-state index contributed by atoms with van der Waals surface area (Å²) < 4.78 is 5.92. The summed E-state index contributed by atoms with van der Waals surface area (Å²) in [7, 11) is 2.24. The monoisotopic (exact) mass is 276 g/mol. The molecule has 0 amide bonds. The Morgan fingerprint density at radius 1 is 1.25 bits per heavy atom. The molecule has 0 saturated carbocycles. The molecule has 2 rings (SSSR count). The molecule has 0 aromatic heterocycles. The van der Waals surface area contributed by atoms with Gasteiger partial charge in [-0.2, -0.15) is 0 Å². The molecule has 1 heterocycles. The van der Waals surface area contributed by atoms with Gasteiger partial charge in [0, 0.05) is 12.6 Å². The zero-order chi connectivity index (χ0) is 14.4. The van der Waals surface area contributed by atoms with Crippen molar-refractivity contribution >= 4 is 0 Å². The second-order valence-electron chi connectivity index (χ2n) is 5.93. The summed E-state index contributed by atoms with van der Waals surface area (Å²) in [5, 5.41) is 3.42. The number of hydrogen-bond donors (Lipinski definition) is 1. The highest BCUT2D eigenvalue weighted by atomic mass is 16.5. The molecule has 1 N–H and O–H groups in total. The standard InChI is InChI=1S/C17H28N2O/c1-14-5-6-15(2)17(13-14)20-12-4-11-19(3)16-7-9-18-10-8-16/h5-6,13,16,18H,4,7-12H2,1-3H3. The quantitative estimate of drug-likeness (QED) is 0.809. The van der Waals surface area contributed by atoms with Crippen molar-refractivity contribution in [2.24, 2.45) is 0 Å². The van der Waals surface area contributed by atoms with Crippen LogP contribution >= 0.6 is 0 Å². The molecule has 0 unspecified atom stereocenters. The first-order valence-electron chi connectivity index (χ1n) is 7.78. The Morgan fingerprint density at radius 3 is 2.75 bits per heavy atom. The van der Waals surface area contributed by atoms with Crippen LogP contribution in [0.2, 0.25) is 0 Å². The maximum atomic E-state index is 5.92. The Kier molecular flexibility index (Phi) is 5.86. The zero-order valence-electron chi connectivity index (χ0n) is 13.1. The molecule has 0 aliphatic carbocycles. The predicted octanol–water partition coefficient (Wildman–Crippen LogP) is 2.76. The van der Waals surface area contributed by atoms with Crippen LogP contribution in [0.25, 0.3) is 0 Å².